The number of hydrogen-bond acceptors (Lipinski definition) is 3. The molecule has 5 rings (SSSR count). The van der Waals surface area contributed by atoms with Crippen molar-refractivity contribution in [2.75, 3.05) is 13.2 Å². The van der Waals surface area contributed by atoms with Crippen molar-refractivity contribution >= 4 is 17.1 Å². The highest BCUT2D eigenvalue weighted by Crippen LogP contribution is 2.44. The van der Waals surface area contributed by atoms with E-state index in [9.17, 15) is 4.79 Å². The van der Waals surface area contributed by atoms with E-state index in [1.807, 2.05) is 0 Å². The van der Waals surface area contributed by atoms with Gasteiger partial charge in [0, 0.05) is 12.8 Å². The van der Waals surface area contributed by atoms with Crippen LogP contribution in [0.2, 0.25) is 0 Å². The molecule has 0 saturated carbocycles. The third-order valence-electron chi connectivity index (χ3n) is 6.00. The zero-order chi connectivity index (χ0) is 18.2. The predicted molar refractivity (Wildman–Crippen MR) is 106 cm³/mol. The second kappa shape index (κ2) is 6.88. The van der Waals surface area contributed by atoms with E-state index in [1.165, 1.54) is 39.0 Å². The third-order valence-corrected chi connectivity index (χ3v) is 6.00. The highest BCUT2D eigenvalue weighted by Gasteiger charge is 2.26. The van der Waals surface area contributed by atoms with Gasteiger partial charge in [0.2, 0.25) is 0 Å². The highest BCUT2D eigenvalue weighted by molar-refractivity contribution is 5.96. The fourth-order valence-electron chi connectivity index (χ4n) is 4.59. The molecule has 1 aliphatic heterocycles. The summed E-state index contributed by atoms with van der Waals surface area (Å²) in [5.74, 6) is 0.794. The molecule has 0 radical (unpaired) electrons. The SMILES string of the molecule is O=C1CCc2ccc3c(c2)/C(=C2/CCc4ccc(cc42)OCCCO1)CC3. The zero-order valence-corrected chi connectivity index (χ0v) is 15.6. The molecular formula is C24H24O3. The Bertz CT molecular complexity index is 939. The largest absolute Gasteiger partial charge is 0.493 e. The number of hydrogen-bond donors (Lipinski definition) is 0. The highest BCUT2D eigenvalue weighted by atomic mass is 16.5. The summed E-state index contributed by atoms with van der Waals surface area (Å²) in [7, 11) is 0. The van der Waals surface area contributed by atoms with E-state index in [-0.39, 0.29) is 5.97 Å². The van der Waals surface area contributed by atoms with E-state index in [4.69, 9.17) is 9.47 Å². The number of rotatable bonds is 0. The molecule has 0 aromatic heterocycles. The third kappa shape index (κ3) is 3.16. The number of esters is 1. The first-order valence-electron chi connectivity index (χ1n) is 10.0. The maximum absolute atomic E-state index is 12.0. The Kier molecular flexibility index (Phi) is 4.23. The Morgan fingerprint density at radius 2 is 1.37 bits per heavy atom. The van der Waals surface area contributed by atoms with Crippen molar-refractivity contribution in [3.05, 3.63) is 64.2 Å². The van der Waals surface area contributed by atoms with E-state index in [2.05, 4.69) is 36.4 Å². The van der Waals surface area contributed by atoms with Crippen molar-refractivity contribution < 1.29 is 14.3 Å². The summed E-state index contributed by atoms with van der Waals surface area (Å²) < 4.78 is 11.3. The summed E-state index contributed by atoms with van der Waals surface area (Å²) >= 11 is 0. The summed E-state index contributed by atoms with van der Waals surface area (Å²) in [5.41, 5.74) is 9.86. The lowest BCUT2D eigenvalue weighted by atomic mass is 9.95. The lowest BCUT2D eigenvalue weighted by molar-refractivity contribution is -0.143. The van der Waals surface area contributed by atoms with E-state index in [0.717, 1.165) is 44.3 Å². The molecule has 0 atom stereocenters. The van der Waals surface area contributed by atoms with Gasteiger partial charge in [-0.3, -0.25) is 4.79 Å². The van der Waals surface area contributed by atoms with Gasteiger partial charge in [0.1, 0.15) is 5.75 Å². The standard InChI is InChI=1S/C24H24O3/c25-24-11-3-16-2-4-17-6-9-20(22(17)14-16)21-10-7-18-5-8-19(15-23(18)21)26-12-1-13-27-24/h2,4-5,8,14-15H,1,3,6-7,9-13H2/b21-20-. The van der Waals surface area contributed by atoms with Gasteiger partial charge in [0.05, 0.1) is 13.2 Å². The van der Waals surface area contributed by atoms with Gasteiger partial charge in [-0.2, -0.15) is 0 Å². The Morgan fingerprint density at radius 1 is 0.667 bits per heavy atom. The minimum atomic E-state index is -0.122. The number of benzene rings is 2. The number of allylic oxidation sites excluding steroid dienone is 2. The number of ether oxygens (including phenoxy) is 2. The monoisotopic (exact) mass is 360 g/mol. The van der Waals surface area contributed by atoms with Crippen LogP contribution in [-0.2, 0) is 28.8 Å². The Hall–Kier alpha value is -2.55. The first-order valence-corrected chi connectivity index (χ1v) is 10.0. The van der Waals surface area contributed by atoms with Crippen LogP contribution in [0, 0.1) is 0 Å². The molecule has 0 unspecified atom stereocenters. The normalized spacial score (nSPS) is 21.7. The topological polar surface area (TPSA) is 35.5 Å². The Balaban J connectivity index is 1.60. The second-order valence-corrected chi connectivity index (χ2v) is 7.69. The molecule has 2 aromatic rings. The van der Waals surface area contributed by atoms with E-state index in [0.29, 0.717) is 19.6 Å². The van der Waals surface area contributed by atoms with Crippen LogP contribution < -0.4 is 4.74 Å². The molecule has 138 valence electrons. The van der Waals surface area contributed by atoms with Gasteiger partial charge in [-0.15, -0.1) is 0 Å². The summed E-state index contributed by atoms with van der Waals surface area (Å²) in [4.78, 5) is 12.0. The average molecular weight is 360 g/mol. The molecule has 0 N–H and O–H groups in total. The van der Waals surface area contributed by atoms with Crippen LogP contribution in [0.1, 0.15) is 53.5 Å². The van der Waals surface area contributed by atoms with Crippen LogP contribution in [0.5, 0.6) is 5.75 Å². The first kappa shape index (κ1) is 16.6. The maximum Gasteiger partial charge on any atom is 0.306 e. The second-order valence-electron chi connectivity index (χ2n) is 7.69. The number of cyclic esters (lactones) is 1. The molecule has 3 nitrogen and oxygen atoms in total. The molecule has 27 heavy (non-hydrogen) atoms. The van der Waals surface area contributed by atoms with E-state index < -0.39 is 0 Å². The summed E-state index contributed by atoms with van der Waals surface area (Å²) in [6, 6.07) is 13.2. The molecule has 0 amide bonds. The van der Waals surface area contributed by atoms with Crippen LogP contribution in [0.25, 0.3) is 11.1 Å². The lowest BCUT2D eigenvalue weighted by Gasteiger charge is -2.13. The average Bonchev–Trinajstić information content (AvgIpc) is 3.28. The molecule has 2 aromatic carbocycles. The van der Waals surface area contributed by atoms with Gasteiger partial charge in [-0.05, 0) is 83.2 Å². The van der Waals surface area contributed by atoms with Gasteiger partial charge >= 0.3 is 5.97 Å². The molecule has 3 aliphatic rings. The quantitative estimate of drug-likeness (QED) is 0.636. The number of carbonyl (C=O) groups is 1. The van der Waals surface area contributed by atoms with Crippen LogP contribution in [0.15, 0.2) is 36.4 Å². The van der Waals surface area contributed by atoms with Crippen molar-refractivity contribution in [1.29, 1.82) is 0 Å². The summed E-state index contributed by atoms with van der Waals surface area (Å²) in [6.45, 7) is 0.991. The summed E-state index contributed by atoms with van der Waals surface area (Å²) in [5, 5.41) is 0. The number of fused-ring (bicyclic) bond motifs is 2. The van der Waals surface area contributed by atoms with Crippen LogP contribution in [0.4, 0.5) is 0 Å². The zero-order valence-electron chi connectivity index (χ0n) is 15.6. The molecule has 0 spiro atoms. The van der Waals surface area contributed by atoms with E-state index >= 15 is 0 Å². The molecule has 0 saturated heterocycles. The number of carbonyl (C=O) groups excluding carboxylic acids is 1. The van der Waals surface area contributed by atoms with Crippen molar-refractivity contribution in [2.24, 2.45) is 0 Å². The Morgan fingerprint density at radius 3 is 2.19 bits per heavy atom. The van der Waals surface area contributed by atoms with Crippen LogP contribution >= 0.6 is 0 Å². The molecule has 3 heteroatoms. The minimum Gasteiger partial charge on any atom is -0.493 e. The van der Waals surface area contributed by atoms with Crippen molar-refractivity contribution in [2.45, 2.75) is 44.9 Å². The smallest absolute Gasteiger partial charge is 0.306 e. The van der Waals surface area contributed by atoms with Crippen LogP contribution in [0.3, 0.4) is 0 Å². The van der Waals surface area contributed by atoms with Gasteiger partial charge < -0.3 is 9.47 Å². The summed E-state index contributed by atoms with van der Waals surface area (Å²) in [6.07, 6.45) is 6.36. The molecular weight excluding hydrogens is 336 g/mol. The fraction of sp³-hybridized carbons (Fsp3) is 0.375. The first-order chi connectivity index (χ1) is 13.3. The maximum atomic E-state index is 12.0. The van der Waals surface area contributed by atoms with Crippen molar-refractivity contribution in [3.8, 4) is 5.75 Å². The van der Waals surface area contributed by atoms with Crippen LogP contribution in [-0.4, -0.2) is 19.2 Å². The Labute approximate surface area is 160 Å². The minimum absolute atomic E-state index is 0.122. The van der Waals surface area contributed by atoms with E-state index in [1.54, 1.807) is 0 Å². The van der Waals surface area contributed by atoms with Gasteiger partial charge in [-0.25, -0.2) is 0 Å². The number of aryl methyl sites for hydroxylation is 3. The fourth-order valence-corrected chi connectivity index (χ4v) is 4.59. The molecule has 2 aliphatic carbocycles. The predicted octanol–water partition coefficient (Wildman–Crippen LogP) is 4.75. The molecule has 1 heterocycles. The lowest BCUT2D eigenvalue weighted by Crippen LogP contribution is -2.10. The van der Waals surface area contributed by atoms with Crippen molar-refractivity contribution in [3.63, 3.8) is 0 Å². The molecule has 4 bridgehead atoms. The van der Waals surface area contributed by atoms with Gasteiger partial charge in [-0.1, -0.05) is 24.3 Å². The van der Waals surface area contributed by atoms with Crippen molar-refractivity contribution in [1.82, 2.24) is 0 Å². The van der Waals surface area contributed by atoms with Gasteiger partial charge in [0.15, 0.2) is 0 Å². The molecule has 0 fully saturated rings. The van der Waals surface area contributed by atoms with Gasteiger partial charge in [0.25, 0.3) is 0 Å².